The number of anilines is 1. The van der Waals surface area contributed by atoms with Crippen molar-refractivity contribution in [2.24, 2.45) is 17.3 Å². The molecule has 142 valence electrons. The van der Waals surface area contributed by atoms with E-state index in [-0.39, 0.29) is 17.8 Å². The first-order chi connectivity index (χ1) is 12.3. The second kappa shape index (κ2) is 9.02. The van der Waals surface area contributed by atoms with E-state index in [1.54, 1.807) is 13.0 Å². The Morgan fingerprint density at radius 1 is 1.12 bits per heavy atom. The molecule has 0 bridgehead atoms. The van der Waals surface area contributed by atoms with Crippen LogP contribution in [0, 0.1) is 17.3 Å². The fourth-order valence-corrected chi connectivity index (χ4v) is 3.50. The molecule has 1 saturated carbocycles. The highest BCUT2D eigenvalue weighted by Crippen LogP contribution is 2.40. The van der Waals surface area contributed by atoms with Gasteiger partial charge in [-0.3, -0.25) is 4.79 Å². The summed E-state index contributed by atoms with van der Waals surface area (Å²) >= 11 is 0. The van der Waals surface area contributed by atoms with Crippen molar-refractivity contribution in [3.8, 4) is 0 Å². The number of hydrogen-bond acceptors (Lipinski definition) is 3. The molecule has 0 saturated heterocycles. The number of esters is 1. The molecule has 1 aliphatic carbocycles. The summed E-state index contributed by atoms with van der Waals surface area (Å²) in [5, 5.41) is 3.02. The molecule has 0 heterocycles. The van der Waals surface area contributed by atoms with Crippen molar-refractivity contribution in [2.45, 2.75) is 53.4 Å². The largest absolute Gasteiger partial charge is 0.463 e. The zero-order valence-electron chi connectivity index (χ0n) is 16.4. The van der Waals surface area contributed by atoms with Gasteiger partial charge in [-0.05, 0) is 67.7 Å². The van der Waals surface area contributed by atoms with E-state index >= 15 is 0 Å². The molecule has 0 atom stereocenters. The number of benzene rings is 1. The third-order valence-corrected chi connectivity index (χ3v) is 5.20. The Labute approximate surface area is 157 Å². The molecule has 0 spiro atoms. The Bertz CT molecular complexity index is 632. The van der Waals surface area contributed by atoms with E-state index < -0.39 is 0 Å². The van der Waals surface area contributed by atoms with E-state index in [1.165, 1.54) is 6.08 Å². The summed E-state index contributed by atoms with van der Waals surface area (Å²) in [5.74, 6) is 0.580. The van der Waals surface area contributed by atoms with Crippen LogP contribution in [-0.4, -0.2) is 18.5 Å². The molecule has 26 heavy (non-hydrogen) atoms. The fraction of sp³-hybridized carbons (Fsp3) is 0.545. The number of carbonyl (C=O) groups excluding carboxylic acids is 2. The minimum Gasteiger partial charge on any atom is -0.463 e. The molecule has 0 radical (unpaired) electrons. The van der Waals surface area contributed by atoms with Crippen LogP contribution in [0.5, 0.6) is 0 Å². The van der Waals surface area contributed by atoms with Crippen LogP contribution in [0.2, 0.25) is 0 Å². The minimum atomic E-state index is -0.351. The Hall–Kier alpha value is -2.10. The van der Waals surface area contributed by atoms with Gasteiger partial charge in [0.2, 0.25) is 5.91 Å². The topological polar surface area (TPSA) is 55.4 Å². The zero-order chi connectivity index (χ0) is 19.2. The Kier molecular flexibility index (Phi) is 7.01. The Morgan fingerprint density at radius 3 is 2.27 bits per heavy atom. The molecule has 1 aliphatic rings. The van der Waals surface area contributed by atoms with Gasteiger partial charge in [0.25, 0.3) is 0 Å². The molecule has 0 aromatic heterocycles. The van der Waals surface area contributed by atoms with Crippen LogP contribution in [0.3, 0.4) is 0 Å². The highest BCUT2D eigenvalue weighted by molar-refractivity contribution is 5.92. The van der Waals surface area contributed by atoms with Gasteiger partial charge < -0.3 is 10.1 Å². The van der Waals surface area contributed by atoms with Crippen LogP contribution in [0.15, 0.2) is 30.3 Å². The maximum Gasteiger partial charge on any atom is 0.330 e. The fourth-order valence-electron chi connectivity index (χ4n) is 3.50. The van der Waals surface area contributed by atoms with Crippen LogP contribution in [0.1, 0.15) is 58.9 Å². The van der Waals surface area contributed by atoms with Gasteiger partial charge >= 0.3 is 5.97 Å². The van der Waals surface area contributed by atoms with Crippen LogP contribution in [-0.2, 0) is 14.3 Å². The van der Waals surface area contributed by atoms with Crippen LogP contribution in [0.25, 0.3) is 6.08 Å². The van der Waals surface area contributed by atoms with E-state index in [1.807, 2.05) is 24.3 Å². The molecular weight excluding hydrogens is 326 g/mol. The van der Waals surface area contributed by atoms with E-state index in [2.05, 4.69) is 26.1 Å². The van der Waals surface area contributed by atoms with Gasteiger partial charge in [-0.25, -0.2) is 4.79 Å². The number of amides is 1. The van der Waals surface area contributed by atoms with Crippen molar-refractivity contribution in [3.63, 3.8) is 0 Å². The standard InChI is InChI=1S/C22H31NO3/c1-5-26-20(24)15-8-16-6-13-19(14-7-16)23-21(25)17-9-11-18(12-10-17)22(2,3)4/h6-8,13-15,17-18H,5,9-12H2,1-4H3,(H,23,25). The quantitative estimate of drug-likeness (QED) is 0.592. The molecule has 1 aromatic rings. The van der Waals surface area contributed by atoms with Crippen molar-refractivity contribution in [2.75, 3.05) is 11.9 Å². The lowest BCUT2D eigenvalue weighted by Gasteiger charge is -2.36. The molecule has 1 amide bonds. The van der Waals surface area contributed by atoms with Gasteiger partial charge in [0.1, 0.15) is 0 Å². The Morgan fingerprint density at radius 2 is 1.73 bits per heavy atom. The van der Waals surface area contributed by atoms with E-state index in [4.69, 9.17) is 4.74 Å². The normalized spacial score (nSPS) is 20.8. The monoisotopic (exact) mass is 357 g/mol. The third-order valence-electron chi connectivity index (χ3n) is 5.20. The maximum atomic E-state index is 12.5. The number of ether oxygens (including phenoxy) is 1. The van der Waals surface area contributed by atoms with Crippen molar-refractivity contribution >= 4 is 23.6 Å². The molecule has 1 fully saturated rings. The molecule has 0 unspecified atom stereocenters. The summed E-state index contributed by atoms with van der Waals surface area (Å²) < 4.78 is 4.85. The van der Waals surface area contributed by atoms with Crippen LogP contribution < -0.4 is 5.32 Å². The average molecular weight is 357 g/mol. The first-order valence-corrected chi connectivity index (χ1v) is 9.55. The number of rotatable bonds is 5. The minimum absolute atomic E-state index is 0.108. The summed E-state index contributed by atoms with van der Waals surface area (Å²) in [7, 11) is 0. The number of hydrogen-bond donors (Lipinski definition) is 1. The highest BCUT2D eigenvalue weighted by atomic mass is 16.5. The summed E-state index contributed by atoms with van der Waals surface area (Å²) in [4.78, 5) is 23.8. The van der Waals surface area contributed by atoms with Gasteiger partial charge in [-0.2, -0.15) is 0 Å². The van der Waals surface area contributed by atoms with Gasteiger partial charge in [0.05, 0.1) is 6.61 Å². The van der Waals surface area contributed by atoms with Crippen LogP contribution >= 0.6 is 0 Å². The third kappa shape index (κ3) is 6.01. The second-order valence-electron chi connectivity index (χ2n) is 8.11. The van der Waals surface area contributed by atoms with Crippen molar-refractivity contribution < 1.29 is 14.3 Å². The molecule has 0 aliphatic heterocycles. The molecule has 1 N–H and O–H groups in total. The van der Waals surface area contributed by atoms with Gasteiger partial charge in [-0.15, -0.1) is 0 Å². The predicted molar refractivity (Wildman–Crippen MR) is 106 cm³/mol. The predicted octanol–water partition coefficient (Wildman–Crippen LogP) is 5.05. The van der Waals surface area contributed by atoms with Crippen molar-refractivity contribution in [1.29, 1.82) is 0 Å². The van der Waals surface area contributed by atoms with Crippen LogP contribution in [0.4, 0.5) is 5.69 Å². The lowest BCUT2D eigenvalue weighted by Crippen LogP contribution is -2.31. The lowest BCUT2D eigenvalue weighted by atomic mass is 9.69. The summed E-state index contributed by atoms with van der Waals surface area (Å²) in [6.45, 7) is 9.01. The van der Waals surface area contributed by atoms with E-state index in [0.717, 1.165) is 36.9 Å². The van der Waals surface area contributed by atoms with Crippen molar-refractivity contribution in [1.82, 2.24) is 0 Å². The SMILES string of the molecule is CCOC(=O)C=Cc1ccc(NC(=O)C2CCC(C(C)(C)C)CC2)cc1. The summed E-state index contributed by atoms with van der Waals surface area (Å²) in [5.41, 5.74) is 2.01. The van der Waals surface area contributed by atoms with Gasteiger partial charge in [0.15, 0.2) is 0 Å². The number of nitrogens with one attached hydrogen (secondary N) is 1. The molecule has 1 aromatic carbocycles. The van der Waals surface area contributed by atoms with E-state index in [9.17, 15) is 9.59 Å². The molecule has 4 heteroatoms. The second-order valence-corrected chi connectivity index (χ2v) is 8.11. The van der Waals surface area contributed by atoms with Gasteiger partial charge in [-0.1, -0.05) is 32.9 Å². The summed E-state index contributed by atoms with van der Waals surface area (Å²) in [6.07, 6.45) is 7.29. The maximum absolute atomic E-state index is 12.5. The Balaban J connectivity index is 1.85. The highest BCUT2D eigenvalue weighted by Gasteiger charge is 2.32. The number of carbonyl (C=O) groups is 2. The molecule has 4 nitrogen and oxygen atoms in total. The smallest absolute Gasteiger partial charge is 0.330 e. The van der Waals surface area contributed by atoms with E-state index in [0.29, 0.717) is 17.9 Å². The lowest BCUT2D eigenvalue weighted by molar-refractivity contribution is -0.137. The van der Waals surface area contributed by atoms with Crippen molar-refractivity contribution in [3.05, 3.63) is 35.9 Å². The zero-order valence-corrected chi connectivity index (χ0v) is 16.4. The molecular formula is C22H31NO3. The average Bonchev–Trinajstić information content (AvgIpc) is 2.61. The first kappa shape index (κ1) is 20.2. The van der Waals surface area contributed by atoms with Gasteiger partial charge in [0, 0.05) is 17.7 Å². The summed E-state index contributed by atoms with van der Waals surface area (Å²) in [6, 6.07) is 7.48. The molecule has 2 rings (SSSR count). The first-order valence-electron chi connectivity index (χ1n) is 9.55.